The Kier molecular flexibility index (Phi) is 5.64. The molecule has 1 rings (SSSR count). The number of nitrogens with zero attached hydrogens (tertiary/aromatic N) is 2. The predicted molar refractivity (Wildman–Crippen MR) is 69.6 cm³/mol. The van der Waals surface area contributed by atoms with Crippen LogP contribution in [-0.4, -0.2) is 37.4 Å². The molecule has 1 aromatic heterocycles. The number of aromatic nitrogens is 2. The number of amides is 1. The van der Waals surface area contributed by atoms with E-state index in [-0.39, 0.29) is 29.7 Å². The smallest absolute Gasteiger partial charge is 0.243 e. The van der Waals surface area contributed by atoms with Crippen LogP contribution in [0, 0.1) is 0 Å². The molecule has 0 aliphatic heterocycles. The van der Waals surface area contributed by atoms with Gasteiger partial charge >= 0.3 is 0 Å². The largest absolute Gasteiger partial charge is 0.368 e. The number of carbonyl (C=O) groups excluding carboxylic acids is 1. The minimum Gasteiger partial charge on any atom is -0.368 e. The summed E-state index contributed by atoms with van der Waals surface area (Å²) >= 11 is 0. The van der Waals surface area contributed by atoms with E-state index in [4.69, 9.17) is 5.73 Å². The zero-order valence-electron chi connectivity index (χ0n) is 10.6. The summed E-state index contributed by atoms with van der Waals surface area (Å²) in [6.45, 7) is 2.53. The molecule has 0 bridgehead atoms. The van der Waals surface area contributed by atoms with E-state index in [1.54, 1.807) is 0 Å². The Morgan fingerprint density at radius 3 is 2.53 bits per heavy atom. The van der Waals surface area contributed by atoms with Gasteiger partial charge in [-0.25, -0.2) is 23.1 Å². The quantitative estimate of drug-likeness (QED) is 0.605. The van der Waals surface area contributed by atoms with Crippen molar-refractivity contribution in [3.63, 3.8) is 0 Å². The number of rotatable bonds is 7. The molecular formula is C10H17N5O3S. The topological polar surface area (TPSA) is 127 Å². The van der Waals surface area contributed by atoms with Gasteiger partial charge in [-0.15, -0.1) is 0 Å². The minimum atomic E-state index is -3.70. The van der Waals surface area contributed by atoms with E-state index in [1.807, 2.05) is 6.92 Å². The maximum Gasteiger partial charge on any atom is 0.243 e. The summed E-state index contributed by atoms with van der Waals surface area (Å²) in [5.41, 5.74) is 5.27. The summed E-state index contributed by atoms with van der Waals surface area (Å²) in [6, 6.07) is 0. The fourth-order valence-corrected chi connectivity index (χ4v) is 2.12. The molecule has 0 aliphatic carbocycles. The Morgan fingerprint density at radius 1 is 1.32 bits per heavy atom. The molecule has 8 nitrogen and oxygen atoms in total. The number of hydrogen-bond donors (Lipinski definition) is 3. The lowest BCUT2D eigenvalue weighted by Gasteiger charge is -2.06. The second-order valence-electron chi connectivity index (χ2n) is 3.77. The van der Waals surface area contributed by atoms with E-state index >= 15 is 0 Å². The summed E-state index contributed by atoms with van der Waals surface area (Å²) in [4.78, 5) is 18.4. The SMILES string of the molecule is CCCNC(=O)CCNS(=O)(=O)c1cnc(N)nc1. The van der Waals surface area contributed by atoms with Crippen molar-refractivity contribution in [1.29, 1.82) is 0 Å². The van der Waals surface area contributed by atoms with Crippen LogP contribution in [0.15, 0.2) is 17.3 Å². The van der Waals surface area contributed by atoms with Crippen LogP contribution in [0.1, 0.15) is 19.8 Å². The van der Waals surface area contributed by atoms with Crippen molar-refractivity contribution in [2.75, 3.05) is 18.8 Å². The van der Waals surface area contributed by atoms with E-state index in [0.717, 1.165) is 18.8 Å². The lowest BCUT2D eigenvalue weighted by molar-refractivity contribution is -0.120. The Labute approximate surface area is 111 Å². The molecular weight excluding hydrogens is 270 g/mol. The van der Waals surface area contributed by atoms with Crippen molar-refractivity contribution in [3.05, 3.63) is 12.4 Å². The van der Waals surface area contributed by atoms with Crippen molar-refractivity contribution < 1.29 is 13.2 Å². The Balaban J connectivity index is 2.47. The van der Waals surface area contributed by atoms with Gasteiger partial charge in [0.05, 0.1) is 12.4 Å². The average molecular weight is 287 g/mol. The van der Waals surface area contributed by atoms with Gasteiger partial charge in [0.2, 0.25) is 21.9 Å². The lowest BCUT2D eigenvalue weighted by Crippen LogP contribution is -2.31. The first-order chi connectivity index (χ1) is 8.95. The molecule has 0 unspecified atom stereocenters. The molecule has 0 radical (unpaired) electrons. The Bertz CT molecular complexity index is 514. The normalized spacial score (nSPS) is 11.2. The number of carbonyl (C=O) groups is 1. The van der Waals surface area contributed by atoms with E-state index in [9.17, 15) is 13.2 Å². The van der Waals surface area contributed by atoms with Crippen molar-refractivity contribution >= 4 is 21.9 Å². The van der Waals surface area contributed by atoms with E-state index in [2.05, 4.69) is 20.0 Å². The van der Waals surface area contributed by atoms with Crippen LogP contribution in [0.4, 0.5) is 5.95 Å². The maximum absolute atomic E-state index is 11.8. The highest BCUT2D eigenvalue weighted by atomic mass is 32.2. The van der Waals surface area contributed by atoms with Gasteiger partial charge in [-0.05, 0) is 6.42 Å². The summed E-state index contributed by atoms with van der Waals surface area (Å²) in [6.07, 6.45) is 3.14. The molecule has 4 N–H and O–H groups in total. The van der Waals surface area contributed by atoms with Crippen molar-refractivity contribution in [1.82, 2.24) is 20.0 Å². The summed E-state index contributed by atoms with van der Waals surface area (Å²) < 4.78 is 25.8. The molecule has 1 amide bonds. The zero-order chi connectivity index (χ0) is 14.3. The van der Waals surface area contributed by atoms with Gasteiger partial charge in [0.25, 0.3) is 0 Å². The third kappa shape index (κ3) is 5.18. The molecule has 9 heteroatoms. The summed E-state index contributed by atoms with van der Waals surface area (Å²) in [5.74, 6) is -0.198. The highest BCUT2D eigenvalue weighted by Crippen LogP contribution is 2.05. The second kappa shape index (κ2) is 7.00. The number of sulfonamides is 1. The van der Waals surface area contributed by atoms with E-state index < -0.39 is 10.0 Å². The van der Waals surface area contributed by atoms with E-state index in [1.165, 1.54) is 0 Å². The minimum absolute atomic E-state index is 0.00195. The highest BCUT2D eigenvalue weighted by Gasteiger charge is 2.14. The van der Waals surface area contributed by atoms with Crippen molar-refractivity contribution in [2.45, 2.75) is 24.7 Å². The van der Waals surface area contributed by atoms with Gasteiger partial charge in [-0.3, -0.25) is 4.79 Å². The molecule has 0 spiro atoms. The molecule has 0 fully saturated rings. The monoisotopic (exact) mass is 287 g/mol. The van der Waals surface area contributed by atoms with Crippen LogP contribution in [-0.2, 0) is 14.8 Å². The van der Waals surface area contributed by atoms with Crippen LogP contribution in [0.25, 0.3) is 0 Å². The van der Waals surface area contributed by atoms with Crippen LogP contribution in [0.3, 0.4) is 0 Å². The third-order valence-electron chi connectivity index (χ3n) is 2.17. The highest BCUT2D eigenvalue weighted by molar-refractivity contribution is 7.89. The number of nitrogen functional groups attached to an aromatic ring is 1. The standard InChI is InChI=1S/C10H17N5O3S/c1-2-4-12-9(16)3-5-15-19(17,18)8-6-13-10(11)14-7-8/h6-7,15H,2-5H2,1H3,(H,12,16)(H2,11,13,14). The molecule has 0 aromatic carbocycles. The van der Waals surface area contributed by atoms with Gasteiger partial charge in [0.1, 0.15) is 4.90 Å². The summed E-state index contributed by atoms with van der Waals surface area (Å²) in [5, 5.41) is 2.65. The van der Waals surface area contributed by atoms with Crippen LogP contribution < -0.4 is 15.8 Å². The first-order valence-corrected chi connectivity index (χ1v) is 7.28. The molecule has 19 heavy (non-hydrogen) atoms. The number of anilines is 1. The molecule has 0 saturated heterocycles. The number of nitrogens with two attached hydrogens (primary N) is 1. The van der Waals surface area contributed by atoms with Crippen LogP contribution in [0.2, 0.25) is 0 Å². The lowest BCUT2D eigenvalue weighted by atomic mass is 10.4. The van der Waals surface area contributed by atoms with E-state index in [0.29, 0.717) is 6.54 Å². The van der Waals surface area contributed by atoms with Crippen molar-refractivity contribution in [3.8, 4) is 0 Å². The zero-order valence-corrected chi connectivity index (χ0v) is 11.4. The fourth-order valence-electron chi connectivity index (χ4n) is 1.20. The second-order valence-corrected chi connectivity index (χ2v) is 5.54. The average Bonchev–Trinajstić information content (AvgIpc) is 2.36. The van der Waals surface area contributed by atoms with Gasteiger partial charge < -0.3 is 11.1 Å². The molecule has 0 aliphatic rings. The molecule has 1 aromatic rings. The van der Waals surface area contributed by atoms with Gasteiger partial charge in [-0.1, -0.05) is 6.92 Å². The van der Waals surface area contributed by atoms with Gasteiger partial charge in [0, 0.05) is 19.5 Å². The number of nitrogens with one attached hydrogen (secondary N) is 2. The Hall–Kier alpha value is -1.74. The van der Waals surface area contributed by atoms with Crippen LogP contribution >= 0.6 is 0 Å². The predicted octanol–water partition coefficient (Wildman–Crippen LogP) is -0.747. The fraction of sp³-hybridized carbons (Fsp3) is 0.500. The summed E-state index contributed by atoms with van der Waals surface area (Å²) in [7, 11) is -3.70. The number of hydrogen-bond acceptors (Lipinski definition) is 6. The first kappa shape index (κ1) is 15.3. The van der Waals surface area contributed by atoms with Gasteiger partial charge in [-0.2, -0.15) is 0 Å². The maximum atomic E-state index is 11.8. The molecule has 0 saturated carbocycles. The molecule has 1 heterocycles. The third-order valence-corrected chi connectivity index (χ3v) is 3.59. The molecule has 106 valence electrons. The van der Waals surface area contributed by atoms with Crippen LogP contribution in [0.5, 0.6) is 0 Å². The first-order valence-electron chi connectivity index (χ1n) is 5.79. The van der Waals surface area contributed by atoms with Crippen molar-refractivity contribution in [2.24, 2.45) is 0 Å². The molecule has 0 atom stereocenters. The van der Waals surface area contributed by atoms with Gasteiger partial charge in [0.15, 0.2) is 0 Å². The Morgan fingerprint density at radius 2 is 1.95 bits per heavy atom.